The molecule has 0 aliphatic heterocycles. The lowest BCUT2D eigenvalue weighted by Gasteiger charge is -1.99. The third-order valence-corrected chi connectivity index (χ3v) is 4.64. The first-order valence-electron chi connectivity index (χ1n) is 6.40. The van der Waals surface area contributed by atoms with Gasteiger partial charge in [0.15, 0.2) is 10.1 Å². The third kappa shape index (κ3) is 3.30. The summed E-state index contributed by atoms with van der Waals surface area (Å²) in [6.07, 6.45) is 0. The zero-order chi connectivity index (χ0) is 16.4. The zero-order valence-electron chi connectivity index (χ0n) is 11.8. The minimum Gasteiger partial charge on any atom is -0.452 e. The fourth-order valence-corrected chi connectivity index (χ4v) is 3.50. The van der Waals surface area contributed by atoms with E-state index in [0.29, 0.717) is 9.90 Å². The molecule has 0 saturated carbocycles. The highest BCUT2D eigenvalue weighted by atomic mass is 32.2. The standard InChI is InChI=1S/C14H9N3O4S2/c1-8-15-16-14(22-8)23-13(18)12-7-6-11(21-12)9-4-2-3-5-10(9)17(19)20/h2-7H,1H3. The average Bonchev–Trinajstić information content (AvgIpc) is 3.16. The highest BCUT2D eigenvalue weighted by Crippen LogP contribution is 2.33. The molecule has 0 radical (unpaired) electrons. The summed E-state index contributed by atoms with van der Waals surface area (Å²) in [5.74, 6) is 0.380. The van der Waals surface area contributed by atoms with Crippen molar-refractivity contribution >= 4 is 33.9 Å². The molecule has 1 aromatic carbocycles. The van der Waals surface area contributed by atoms with Gasteiger partial charge < -0.3 is 4.42 Å². The molecule has 0 spiro atoms. The maximum absolute atomic E-state index is 12.2. The van der Waals surface area contributed by atoms with Crippen molar-refractivity contribution in [3.63, 3.8) is 0 Å². The molecule has 0 amide bonds. The Kier molecular flexibility index (Phi) is 4.22. The molecule has 0 atom stereocenters. The molecule has 3 rings (SSSR count). The molecule has 9 heteroatoms. The van der Waals surface area contributed by atoms with Gasteiger partial charge in [-0.25, -0.2) is 0 Å². The van der Waals surface area contributed by atoms with Crippen LogP contribution in [-0.2, 0) is 0 Å². The van der Waals surface area contributed by atoms with Crippen molar-refractivity contribution in [1.82, 2.24) is 10.2 Å². The number of furan rings is 1. The van der Waals surface area contributed by atoms with Gasteiger partial charge in [0.25, 0.3) is 10.8 Å². The number of hydrogen-bond acceptors (Lipinski definition) is 8. The van der Waals surface area contributed by atoms with Crippen molar-refractivity contribution in [2.45, 2.75) is 11.3 Å². The summed E-state index contributed by atoms with van der Waals surface area (Å²) in [7, 11) is 0. The van der Waals surface area contributed by atoms with Crippen LogP contribution in [-0.4, -0.2) is 20.2 Å². The van der Waals surface area contributed by atoms with Gasteiger partial charge in [0.1, 0.15) is 10.8 Å². The van der Waals surface area contributed by atoms with Crippen LogP contribution in [0.1, 0.15) is 15.6 Å². The summed E-state index contributed by atoms with van der Waals surface area (Å²) >= 11 is 2.22. The van der Waals surface area contributed by atoms with Gasteiger partial charge in [-0.05, 0) is 36.9 Å². The van der Waals surface area contributed by atoms with Crippen molar-refractivity contribution in [2.24, 2.45) is 0 Å². The lowest BCUT2D eigenvalue weighted by Crippen LogP contribution is -1.91. The minimum atomic E-state index is -0.488. The Morgan fingerprint density at radius 3 is 2.74 bits per heavy atom. The maximum atomic E-state index is 12.2. The number of nitro benzene ring substituents is 1. The Morgan fingerprint density at radius 2 is 2.04 bits per heavy atom. The van der Waals surface area contributed by atoms with Crippen LogP contribution in [0.3, 0.4) is 0 Å². The van der Waals surface area contributed by atoms with Crippen LogP contribution >= 0.6 is 23.1 Å². The Bertz CT molecular complexity index is 888. The van der Waals surface area contributed by atoms with Gasteiger partial charge in [0, 0.05) is 6.07 Å². The van der Waals surface area contributed by atoms with E-state index in [1.807, 2.05) is 0 Å². The molecule has 23 heavy (non-hydrogen) atoms. The van der Waals surface area contributed by atoms with Gasteiger partial charge in [-0.3, -0.25) is 14.9 Å². The molecule has 116 valence electrons. The average molecular weight is 347 g/mol. The van der Waals surface area contributed by atoms with E-state index in [1.54, 1.807) is 31.2 Å². The van der Waals surface area contributed by atoms with Gasteiger partial charge >= 0.3 is 0 Å². The van der Waals surface area contributed by atoms with Crippen molar-refractivity contribution in [2.75, 3.05) is 0 Å². The first-order valence-corrected chi connectivity index (χ1v) is 8.04. The summed E-state index contributed by atoms with van der Waals surface area (Å²) in [6.45, 7) is 1.80. The van der Waals surface area contributed by atoms with E-state index in [2.05, 4.69) is 10.2 Å². The second-order valence-corrected chi connectivity index (χ2v) is 6.82. The molecule has 0 aliphatic carbocycles. The van der Waals surface area contributed by atoms with E-state index in [9.17, 15) is 14.9 Å². The number of aromatic nitrogens is 2. The molecule has 2 heterocycles. The molecular formula is C14H9N3O4S2. The Morgan fingerprint density at radius 1 is 1.26 bits per heavy atom. The molecule has 7 nitrogen and oxygen atoms in total. The molecule has 0 aliphatic rings. The van der Waals surface area contributed by atoms with E-state index in [1.165, 1.54) is 23.5 Å². The van der Waals surface area contributed by atoms with Crippen molar-refractivity contribution in [1.29, 1.82) is 0 Å². The fraction of sp³-hybridized carbons (Fsp3) is 0.0714. The van der Waals surface area contributed by atoms with Crippen molar-refractivity contribution in [3.05, 3.63) is 57.3 Å². The number of thioether (sulfide) groups is 1. The van der Waals surface area contributed by atoms with E-state index in [0.717, 1.165) is 16.8 Å². The fourth-order valence-electron chi connectivity index (χ4n) is 1.88. The summed E-state index contributed by atoms with van der Waals surface area (Å²) in [4.78, 5) is 22.7. The summed E-state index contributed by atoms with van der Waals surface area (Å²) in [5, 5.41) is 19.2. The van der Waals surface area contributed by atoms with Crippen LogP contribution in [0.4, 0.5) is 5.69 Å². The van der Waals surface area contributed by atoms with Crippen LogP contribution in [0, 0.1) is 17.0 Å². The number of carbonyl (C=O) groups is 1. The monoisotopic (exact) mass is 347 g/mol. The van der Waals surface area contributed by atoms with Gasteiger partial charge in [-0.1, -0.05) is 23.5 Å². The molecule has 0 saturated heterocycles. The van der Waals surface area contributed by atoms with E-state index >= 15 is 0 Å². The number of nitro groups is 1. The number of aryl methyl sites for hydroxylation is 1. The largest absolute Gasteiger partial charge is 0.452 e. The van der Waals surface area contributed by atoms with Crippen LogP contribution in [0.5, 0.6) is 0 Å². The minimum absolute atomic E-state index is 0.0757. The van der Waals surface area contributed by atoms with Crippen LogP contribution in [0.25, 0.3) is 11.3 Å². The molecule has 0 unspecified atom stereocenters. The first kappa shape index (κ1) is 15.4. The highest BCUT2D eigenvalue weighted by molar-refractivity contribution is 8.15. The van der Waals surface area contributed by atoms with E-state index in [-0.39, 0.29) is 22.3 Å². The number of nitrogens with zero attached hydrogens (tertiary/aromatic N) is 3. The number of benzene rings is 1. The van der Waals surface area contributed by atoms with Crippen LogP contribution in [0.2, 0.25) is 0 Å². The van der Waals surface area contributed by atoms with Gasteiger partial charge in [0.2, 0.25) is 0 Å². The number of carbonyl (C=O) groups excluding carboxylic acids is 1. The topological polar surface area (TPSA) is 99.1 Å². The quantitative estimate of drug-likeness (QED) is 0.400. The Hall–Kier alpha value is -2.52. The third-order valence-electron chi connectivity index (χ3n) is 2.86. The normalized spacial score (nSPS) is 10.7. The molecular weight excluding hydrogens is 338 g/mol. The van der Waals surface area contributed by atoms with Crippen LogP contribution < -0.4 is 0 Å². The second-order valence-electron chi connectivity index (χ2n) is 4.41. The Balaban J connectivity index is 1.86. The molecule has 0 fully saturated rings. The zero-order valence-corrected chi connectivity index (χ0v) is 13.4. The molecule has 3 aromatic rings. The molecule has 0 N–H and O–H groups in total. The van der Waals surface area contributed by atoms with Crippen molar-refractivity contribution < 1.29 is 14.1 Å². The highest BCUT2D eigenvalue weighted by Gasteiger charge is 2.20. The van der Waals surface area contributed by atoms with Crippen LogP contribution in [0.15, 0.2) is 45.2 Å². The molecule has 0 bridgehead atoms. The molecule has 2 aromatic heterocycles. The van der Waals surface area contributed by atoms with Gasteiger partial charge in [-0.2, -0.15) is 0 Å². The maximum Gasteiger partial charge on any atom is 0.280 e. The number of rotatable bonds is 4. The van der Waals surface area contributed by atoms with Gasteiger partial charge in [0.05, 0.1) is 10.5 Å². The second kappa shape index (κ2) is 6.31. The number of hydrogen-bond donors (Lipinski definition) is 0. The van der Waals surface area contributed by atoms with E-state index < -0.39 is 4.92 Å². The smallest absolute Gasteiger partial charge is 0.280 e. The van der Waals surface area contributed by atoms with Gasteiger partial charge in [-0.15, -0.1) is 10.2 Å². The lowest BCUT2D eigenvalue weighted by atomic mass is 10.1. The number of para-hydroxylation sites is 1. The SMILES string of the molecule is Cc1nnc(SC(=O)c2ccc(-c3ccccc3[N+](=O)[O-])o2)s1. The summed E-state index contributed by atoms with van der Waals surface area (Å²) in [5.41, 5.74) is 0.251. The predicted octanol–water partition coefficient (Wildman–Crippen LogP) is 3.95. The summed E-state index contributed by atoms with van der Waals surface area (Å²) in [6, 6.07) is 9.25. The lowest BCUT2D eigenvalue weighted by molar-refractivity contribution is -0.384. The predicted molar refractivity (Wildman–Crippen MR) is 85.6 cm³/mol. The van der Waals surface area contributed by atoms with Crippen molar-refractivity contribution in [3.8, 4) is 11.3 Å². The summed E-state index contributed by atoms with van der Waals surface area (Å²) < 4.78 is 6.01. The van der Waals surface area contributed by atoms with E-state index in [4.69, 9.17) is 4.42 Å². The first-order chi connectivity index (χ1) is 11.0. The Labute approximate surface area is 138 Å².